The standard InChI is InChI=1S/C15H18IN3O2/c1-5-12-13(16)15(17-2)19-14(18-12)9-6-10(20-3)8-11(7-9)21-4/h6-8H,5H2,1-4H3,(H,17,18,19). The molecule has 21 heavy (non-hydrogen) atoms. The highest BCUT2D eigenvalue weighted by molar-refractivity contribution is 14.1. The van der Waals surface area contributed by atoms with E-state index in [2.05, 4.69) is 44.8 Å². The van der Waals surface area contributed by atoms with Gasteiger partial charge >= 0.3 is 0 Å². The number of rotatable bonds is 5. The summed E-state index contributed by atoms with van der Waals surface area (Å²) in [5.74, 6) is 2.93. The van der Waals surface area contributed by atoms with Crippen LogP contribution in [0.15, 0.2) is 18.2 Å². The molecule has 0 saturated heterocycles. The largest absolute Gasteiger partial charge is 0.497 e. The molecular formula is C15H18IN3O2. The predicted molar refractivity (Wildman–Crippen MR) is 92.2 cm³/mol. The second-order valence-electron chi connectivity index (χ2n) is 4.36. The average molecular weight is 399 g/mol. The maximum Gasteiger partial charge on any atom is 0.162 e. The zero-order chi connectivity index (χ0) is 15.4. The van der Waals surface area contributed by atoms with Crippen LogP contribution in [0.4, 0.5) is 5.82 Å². The van der Waals surface area contributed by atoms with Gasteiger partial charge in [0.05, 0.1) is 23.5 Å². The predicted octanol–water partition coefficient (Wildman–Crippen LogP) is 3.37. The molecule has 0 aliphatic rings. The van der Waals surface area contributed by atoms with Gasteiger partial charge in [-0.1, -0.05) is 6.92 Å². The van der Waals surface area contributed by atoms with E-state index in [0.29, 0.717) is 5.82 Å². The number of ether oxygens (including phenoxy) is 2. The Morgan fingerprint density at radius 3 is 2.19 bits per heavy atom. The molecule has 0 bridgehead atoms. The van der Waals surface area contributed by atoms with Gasteiger partial charge in [0.2, 0.25) is 0 Å². The Balaban J connectivity index is 2.60. The molecule has 1 N–H and O–H groups in total. The van der Waals surface area contributed by atoms with Crippen LogP contribution in [-0.4, -0.2) is 31.2 Å². The summed E-state index contributed by atoms with van der Waals surface area (Å²) in [6.45, 7) is 2.08. The Labute approximate surface area is 138 Å². The molecule has 2 rings (SSSR count). The third kappa shape index (κ3) is 3.37. The minimum atomic E-state index is 0.661. The van der Waals surface area contributed by atoms with Crippen LogP contribution in [0.2, 0.25) is 0 Å². The van der Waals surface area contributed by atoms with E-state index in [0.717, 1.165) is 38.6 Å². The minimum absolute atomic E-state index is 0.661. The van der Waals surface area contributed by atoms with Gasteiger partial charge in [0.1, 0.15) is 17.3 Å². The van der Waals surface area contributed by atoms with Gasteiger partial charge in [-0.3, -0.25) is 0 Å². The first-order chi connectivity index (χ1) is 10.1. The number of methoxy groups -OCH3 is 2. The van der Waals surface area contributed by atoms with Crippen molar-refractivity contribution in [3.05, 3.63) is 27.5 Å². The first-order valence-corrected chi connectivity index (χ1v) is 7.68. The smallest absolute Gasteiger partial charge is 0.162 e. The molecule has 0 aliphatic heterocycles. The Morgan fingerprint density at radius 1 is 1.10 bits per heavy atom. The lowest BCUT2D eigenvalue weighted by Crippen LogP contribution is -2.05. The minimum Gasteiger partial charge on any atom is -0.497 e. The normalized spacial score (nSPS) is 10.3. The molecule has 0 fully saturated rings. The van der Waals surface area contributed by atoms with Crippen LogP contribution in [0, 0.1) is 3.57 Å². The number of nitrogens with zero attached hydrogens (tertiary/aromatic N) is 2. The maximum absolute atomic E-state index is 5.30. The molecule has 6 heteroatoms. The summed E-state index contributed by atoms with van der Waals surface area (Å²) in [5, 5.41) is 3.12. The third-order valence-electron chi connectivity index (χ3n) is 3.10. The van der Waals surface area contributed by atoms with Gasteiger partial charge in [0.15, 0.2) is 5.82 Å². The fourth-order valence-corrected chi connectivity index (χ4v) is 2.85. The van der Waals surface area contributed by atoms with Gasteiger partial charge in [-0.05, 0) is 41.1 Å². The van der Waals surface area contributed by atoms with Crippen molar-refractivity contribution in [3.8, 4) is 22.9 Å². The van der Waals surface area contributed by atoms with Crippen molar-refractivity contribution in [2.24, 2.45) is 0 Å². The monoisotopic (exact) mass is 399 g/mol. The molecular weight excluding hydrogens is 381 g/mol. The summed E-state index contributed by atoms with van der Waals surface area (Å²) in [7, 11) is 5.12. The second-order valence-corrected chi connectivity index (χ2v) is 5.44. The van der Waals surface area contributed by atoms with E-state index in [9.17, 15) is 0 Å². The summed E-state index contributed by atoms with van der Waals surface area (Å²) in [5.41, 5.74) is 1.89. The molecule has 112 valence electrons. The number of nitrogens with one attached hydrogen (secondary N) is 1. The molecule has 0 spiro atoms. The molecule has 1 aromatic heterocycles. The number of aryl methyl sites for hydroxylation is 1. The Hall–Kier alpha value is -1.57. The summed E-state index contributed by atoms with van der Waals surface area (Å²) in [6, 6.07) is 5.64. The fraction of sp³-hybridized carbons (Fsp3) is 0.333. The maximum atomic E-state index is 5.30. The summed E-state index contributed by atoms with van der Waals surface area (Å²) in [6.07, 6.45) is 0.851. The van der Waals surface area contributed by atoms with Gasteiger partial charge < -0.3 is 14.8 Å². The van der Waals surface area contributed by atoms with E-state index < -0.39 is 0 Å². The van der Waals surface area contributed by atoms with E-state index >= 15 is 0 Å². The Kier molecular flexibility index (Phi) is 5.22. The molecule has 1 heterocycles. The number of hydrogen-bond donors (Lipinski definition) is 1. The third-order valence-corrected chi connectivity index (χ3v) is 4.23. The van der Waals surface area contributed by atoms with Crippen LogP contribution in [0.5, 0.6) is 11.5 Å². The van der Waals surface area contributed by atoms with Crippen LogP contribution in [0.3, 0.4) is 0 Å². The average Bonchev–Trinajstić information content (AvgIpc) is 2.54. The van der Waals surface area contributed by atoms with Gasteiger partial charge in [-0.2, -0.15) is 0 Å². The molecule has 0 atom stereocenters. The second kappa shape index (κ2) is 6.93. The van der Waals surface area contributed by atoms with Gasteiger partial charge in [0, 0.05) is 18.7 Å². The van der Waals surface area contributed by atoms with E-state index in [4.69, 9.17) is 9.47 Å². The summed E-state index contributed by atoms with van der Waals surface area (Å²) < 4.78 is 11.7. The topological polar surface area (TPSA) is 56.3 Å². The lowest BCUT2D eigenvalue weighted by Gasteiger charge is -2.12. The summed E-state index contributed by atoms with van der Waals surface area (Å²) >= 11 is 2.27. The molecule has 1 aromatic carbocycles. The number of aromatic nitrogens is 2. The Morgan fingerprint density at radius 2 is 1.71 bits per heavy atom. The van der Waals surface area contributed by atoms with E-state index in [1.165, 1.54) is 0 Å². The number of hydrogen-bond acceptors (Lipinski definition) is 5. The number of halogens is 1. The number of benzene rings is 1. The van der Waals surface area contributed by atoms with Crippen LogP contribution in [-0.2, 0) is 6.42 Å². The first kappa shape index (κ1) is 15.8. The lowest BCUT2D eigenvalue weighted by molar-refractivity contribution is 0.394. The van der Waals surface area contributed by atoms with Crippen LogP contribution in [0.25, 0.3) is 11.4 Å². The van der Waals surface area contributed by atoms with Crippen LogP contribution < -0.4 is 14.8 Å². The van der Waals surface area contributed by atoms with E-state index in [1.807, 2.05) is 25.2 Å². The van der Waals surface area contributed by atoms with Crippen molar-refractivity contribution >= 4 is 28.4 Å². The van der Waals surface area contributed by atoms with Crippen LogP contribution >= 0.6 is 22.6 Å². The molecule has 0 radical (unpaired) electrons. The van der Waals surface area contributed by atoms with E-state index in [-0.39, 0.29) is 0 Å². The lowest BCUT2D eigenvalue weighted by atomic mass is 10.1. The van der Waals surface area contributed by atoms with E-state index in [1.54, 1.807) is 14.2 Å². The zero-order valence-electron chi connectivity index (χ0n) is 12.5. The molecule has 5 nitrogen and oxygen atoms in total. The highest BCUT2D eigenvalue weighted by atomic mass is 127. The molecule has 0 saturated carbocycles. The first-order valence-electron chi connectivity index (χ1n) is 6.60. The van der Waals surface area contributed by atoms with Crippen molar-refractivity contribution in [2.45, 2.75) is 13.3 Å². The van der Waals surface area contributed by atoms with Crippen molar-refractivity contribution in [1.29, 1.82) is 0 Å². The van der Waals surface area contributed by atoms with Crippen molar-refractivity contribution in [1.82, 2.24) is 9.97 Å². The highest BCUT2D eigenvalue weighted by Gasteiger charge is 2.13. The molecule has 0 aliphatic carbocycles. The number of anilines is 1. The summed E-state index contributed by atoms with van der Waals surface area (Å²) in [4.78, 5) is 9.23. The highest BCUT2D eigenvalue weighted by Crippen LogP contribution is 2.30. The molecule has 0 amide bonds. The Bertz CT molecular complexity index is 600. The van der Waals surface area contributed by atoms with Crippen molar-refractivity contribution in [3.63, 3.8) is 0 Å². The van der Waals surface area contributed by atoms with Gasteiger partial charge in [-0.25, -0.2) is 9.97 Å². The van der Waals surface area contributed by atoms with Crippen molar-refractivity contribution < 1.29 is 9.47 Å². The SMILES string of the molecule is CCc1nc(-c2cc(OC)cc(OC)c2)nc(NC)c1I. The van der Waals surface area contributed by atoms with Gasteiger partial charge in [-0.15, -0.1) is 0 Å². The quantitative estimate of drug-likeness (QED) is 0.782. The fourth-order valence-electron chi connectivity index (χ4n) is 1.96. The molecule has 2 aromatic rings. The van der Waals surface area contributed by atoms with Gasteiger partial charge in [0.25, 0.3) is 0 Å². The van der Waals surface area contributed by atoms with Crippen LogP contribution in [0.1, 0.15) is 12.6 Å². The molecule has 0 unspecified atom stereocenters. The zero-order valence-corrected chi connectivity index (χ0v) is 14.7. The van der Waals surface area contributed by atoms with Crippen molar-refractivity contribution in [2.75, 3.05) is 26.6 Å².